The van der Waals surface area contributed by atoms with E-state index in [0.29, 0.717) is 16.0 Å². The second-order valence-electron chi connectivity index (χ2n) is 6.79. The molecule has 7 nitrogen and oxygen atoms in total. The van der Waals surface area contributed by atoms with Gasteiger partial charge in [0, 0.05) is 6.54 Å². The molecule has 160 valence electrons. The number of carbonyl (C=O) groups is 2. The van der Waals surface area contributed by atoms with Crippen LogP contribution < -0.4 is 10.0 Å². The van der Waals surface area contributed by atoms with Crippen LogP contribution in [0.5, 0.6) is 0 Å². The molecule has 1 saturated heterocycles. The SMILES string of the molecule is Cc1ccc(S(=O)(=O)NC2(C(F)(F)F)NC(=O)N(CCc3ccccc3)C2=O)cc1. The van der Waals surface area contributed by atoms with Crippen LogP contribution in [0.3, 0.4) is 0 Å². The van der Waals surface area contributed by atoms with Crippen LogP contribution in [0.2, 0.25) is 0 Å². The van der Waals surface area contributed by atoms with Gasteiger partial charge in [0.15, 0.2) is 0 Å². The maximum atomic E-state index is 13.9. The van der Waals surface area contributed by atoms with Gasteiger partial charge >= 0.3 is 12.2 Å². The quantitative estimate of drug-likeness (QED) is 0.673. The third-order valence-electron chi connectivity index (χ3n) is 4.62. The molecule has 3 amide bonds. The summed E-state index contributed by atoms with van der Waals surface area (Å²) >= 11 is 0. The minimum atomic E-state index is -5.42. The zero-order valence-corrected chi connectivity index (χ0v) is 16.5. The van der Waals surface area contributed by atoms with Crippen molar-refractivity contribution in [2.24, 2.45) is 0 Å². The number of hydrogen-bond donors (Lipinski definition) is 2. The van der Waals surface area contributed by atoms with Crippen molar-refractivity contribution in [1.82, 2.24) is 14.9 Å². The molecule has 1 unspecified atom stereocenters. The van der Waals surface area contributed by atoms with Gasteiger partial charge in [0.2, 0.25) is 10.0 Å². The van der Waals surface area contributed by atoms with Gasteiger partial charge in [0.1, 0.15) is 0 Å². The molecule has 0 aliphatic carbocycles. The number of carbonyl (C=O) groups excluding carboxylic acids is 2. The van der Waals surface area contributed by atoms with Gasteiger partial charge in [-0.05, 0) is 31.0 Å². The van der Waals surface area contributed by atoms with Crippen molar-refractivity contribution in [1.29, 1.82) is 0 Å². The minimum Gasteiger partial charge on any atom is -0.303 e. The Morgan fingerprint density at radius 2 is 1.63 bits per heavy atom. The third-order valence-corrected chi connectivity index (χ3v) is 6.08. The molecule has 0 spiro atoms. The van der Waals surface area contributed by atoms with E-state index < -0.39 is 38.7 Å². The molecule has 2 N–H and O–H groups in total. The Bertz CT molecular complexity index is 1060. The summed E-state index contributed by atoms with van der Waals surface area (Å²) in [4.78, 5) is 24.7. The Balaban J connectivity index is 1.91. The summed E-state index contributed by atoms with van der Waals surface area (Å²) in [5, 5.41) is 1.50. The van der Waals surface area contributed by atoms with Crippen LogP contribution in [0, 0.1) is 6.92 Å². The summed E-state index contributed by atoms with van der Waals surface area (Å²) in [6.45, 7) is 1.32. The summed E-state index contributed by atoms with van der Waals surface area (Å²) < 4.78 is 68.2. The van der Waals surface area contributed by atoms with Crippen LogP contribution >= 0.6 is 0 Å². The van der Waals surface area contributed by atoms with Gasteiger partial charge in [-0.3, -0.25) is 9.69 Å². The first-order valence-corrected chi connectivity index (χ1v) is 10.3. The molecule has 0 bridgehead atoms. The van der Waals surface area contributed by atoms with Gasteiger partial charge in [0.25, 0.3) is 11.6 Å². The van der Waals surface area contributed by atoms with E-state index in [4.69, 9.17) is 0 Å². The first kappa shape index (κ1) is 21.8. The molecule has 1 aliphatic rings. The highest BCUT2D eigenvalue weighted by Crippen LogP contribution is 2.35. The zero-order chi connectivity index (χ0) is 22.2. The van der Waals surface area contributed by atoms with Gasteiger partial charge in [0.05, 0.1) is 4.90 Å². The van der Waals surface area contributed by atoms with Gasteiger partial charge in [-0.15, -0.1) is 0 Å². The van der Waals surface area contributed by atoms with E-state index in [-0.39, 0.29) is 13.0 Å². The summed E-state index contributed by atoms with van der Waals surface area (Å²) in [6, 6.07) is 12.2. The van der Waals surface area contributed by atoms with E-state index in [1.54, 1.807) is 37.3 Å². The molecule has 0 aromatic heterocycles. The molecular formula is C19H18F3N3O4S. The Kier molecular flexibility index (Phi) is 5.61. The molecule has 2 aromatic rings. The molecule has 3 rings (SSSR count). The van der Waals surface area contributed by atoms with Crippen LogP contribution in [0.1, 0.15) is 11.1 Å². The van der Waals surface area contributed by atoms with E-state index in [1.807, 2.05) is 0 Å². The lowest BCUT2D eigenvalue weighted by molar-refractivity contribution is -0.198. The average Bonchev–Trinajstić information content (AvgIpc) is 2.91. The molecular weight excluding hydrogens is 423 g/mol. The zero-order valence-electron chi connectivity index (χ0n) is 15.7. The minimum absolute atomic E-state index is 0.110. The Hall–Kier alpha value is -2.92. The lowest BCUT2D eigenvalue weighted by atomic mass is 10.1. The van der Waals surface area contributed by atoms with Gasteiger partial charge in [-0.2, -0.15) is 17.9 Å². The standard InChI is InChI=1S/C19H18F3N3O4S/c1-13-7-9-15(10-8-13)30(28,29)24-18(19(20,21)22)16(26)25(17(27)23-18)12-11-14-5-3-2-4-6-14/h2-10,24H,11-12H2,1H3,(H,23,27). The fourth-order valence-electron chi connectivity index (χ4n) is 2.96. The summed E-state index contributed by atoms with van der Waals surface area (Å²) in [7, 11) is -4.78. The number of halogens is 3. The van der Waals surface area contributed by atoms with Crippen LogP contribution in [-0.2, 0) is 21.2 Å². The monoisotopic (exact) mass is 441 g/mol. The Morgan fingerprint density at radius 3 is 2.20 bits per heavy atom. The molecule has 0 saturated carbocycles. The second-order valence-corrected chi connectivity index (χ2v) is 8.47. The van der Waals surface area contributed by atoms with E-state index in [0.717, 1.165) is 12.1 Å². The number of amides is 3. The van der Waals surface area contributed by atoms with E-state index in [2.05, 4.69) is 0 Å². The molecule has 1 aliphatic heterocycles. The number of benzene rings is 2. The largest absolute Gasteiger partial charge is 0.435 e. The van der Waals surface area contributed by atoms with E-state index >= 15 is 0 Å². The van der Waals surface area contributed by atoms with Crippen molar-refractivity contribution < 1.29 is 31.2 Å². The highest BCUT2D eigenvalue weighted by Gasteiger charge is 2.69. The van der Waals surface area contributed by atoms with Crippen molar-refractivity contribution in [3.63, 3.8) is 0 Å². The number of sulfonamides is 1. The fraction of sp³-hybridized carbons (Fsp3) is 0.263. The summed E-state index contributed by atoms with van der Waals surface area (Å²) in [6.07, 6.45) is -5.31. The van der Waals surface area contributed by atoms with Gasteiger partial charge in [-0.1, -0.05) is 48.0 Å². The smallest absolute Gasteiger partial charge is 0.303 e. The first-order chi connectivity index (χ1) is 14.0. The van der Waals surface area contributed by atoms with Crippen molar-refractivity contribution in [2.75, 3.05) is 6.54 Å². The predicted molar refractivity (Wildman–Crippen MR) is 101 cm³/mol. The number of aryl methyl sites for hydroxylation is 1. The normalized spacial score (nSPS) is 19.8. The number of nitrogens with one attached hydrogen (secondary N) is 2. The van der Waals surface area contributed by atoms with Crippen molar-refractivity contribution >= 4 is 22.0 Å². The predicted octanol–water partition coefficient (Wildman–Crippen LogP) is 2.33. The Morgan fingerprint density at radius 1 is 1.03 bits per heavy atom. The fourth-order valence-corrected chi connectivity index (χ4v) is 4.23. The lowest BCUT2D eigenvalue weighted by Gasteiger charge is -2.29. The maximum absolute atomic E-state index is 13.9. The topological polar surface area (TPSA) is 95.6 Å². The van der Waals surface area contributed by atoms with Crippen molar-refractivity contribution in [3.05, 3.63) is 65.7 Å². The number of alkyl halides is 3. The average molecular weight is 441 g/mol. The van der Waals surface area contributed by atoms with Crippen LogP contribution in [0.15, 0.2) is 59.5 Å². The van der Waals surface area contributed by atoms with Crippen LogP contribution in [-0.4, -0.2) is 43.6 Å². The number of hydrogen-bond acceptors (Lipinski definition) is 4. The molecule has 11 heteroatoms. The first-order valence-electron chi connectivity index (χ1n) is 8.82. The number of nitrogens with zero attached hydrogens (tertiary/aromatic N) is 1. The highest BCUT2D eigenvalue weighted by molar-refractivity contribution is 7.89. The van der Waals surface area contributed by atoms with E-state index in [1.165, 1.54) is 22.2 Å². The molecule has 1 fully saturated rings. The van der Waals surface area contributed by atoms with Crippen molar-refractivity contribution in [2.45, 2.75) is 30.1 Å². The summed E-state index contributed by atoms with van der Waals surface area (Å²) in [5.74, 6) is -1.73. The molecule has 0 radical (unpaired) electrons. The van der Waals surface area contributed by atoms with E-state index in [9.17, 15) is 31.2 Å². The summed E-state index contributed by atoms with van der Waals surface area (Å²) in [5.41, 5.74) is -2.40. The number of rotatable bonds is 6. The third kappa shape index (κ3) is 4.03. The number of urea groups is 1. The molecule has 1 atom stereocenters. The lowest BCUT2D eigenvalue weighted by Crippen LogP contribution is -2.69. The van der Waals surface area contributed by atoms with Gasteiger partial charge in [-0.25, -0.2) is 13.2 Å². The Labute approximate surface area is 170 Å². The molecule has 30 heavy (non-hydrogen) atoms. The van der Waals surface area contributed by atoms with Crippen LogP contribution in [0.4, 0.5) is 18.0 Å². The highest BCUT2D eigenvalue weighted by atomic mass is 32.2. The van der Waals surface area contributed by atoms with Gasteiger partial charge < -0.3 is 5.32 Å². The molecule has 1 heterocycles. The maximum Gasteiger partial charge on any atom is 0.435 e. The molecule has 2 aromatic carbocycles. The number of imide groups is 1. The van der Waals surface area contributed by atoms with Crippen molar-refractivity contribution in [3.8, 4) is 0 Å². The van der Waals surface area contributed by atoms with Crippen LogP contribution in [0.25, 0.3) is 0 Å². The second kappa shape index (κ2) is 7.73.